The van der Waals surface area contributed by atoms with Crippen molar-refractivity contribution < 1.29 is 0 Å². The van der Waals surface area contributed by atoms with E-state index in [9.17, 15) is 0 Å². The fourth-order valence-electron chi connectivity index (χ4n) is 3.31. The van der Waals surface area contributed by atoms with Crippen LogP contribution in [0.2, 0.25) is 0 Å². The van der Waals surface area contributed by atoms with Gasteiger partial charge in [0.15, 0.2) is 0 Å². The first-order valence-electron chi connectivity index (χ1n) is 9.20. The van der Waals surface area contributed by atoms with Gasteiger partial charge in [0.05, 0.1) is 5.25 Å². The molecular formula is C20H32S2. The van der Waals surface area contributed by atoms with Gasteiger partial charge in [0, 0.05) is 9.62 Å². The van der Waals surface area contributed by atoms with Gasteiger partial charge >= 0.3 is 0 Å². The minimum absolute atomic E-state index is 0.427. The molecule has 0 aromatic carbocycles. The Morgan fingerprint density at radius 3 is 2.18 bits per heavy atom. The Morgan fingerprint density at radius 1 is 0.955 bits per heavy atom. The van der Waals surface area contributed by atoms with Crippen LogP contribution in [0.1, 0.15) is 88.2 Å². The third-order valence-corrected chi connectivity index (χ3v) is 7.45. The minimum atomic E-state index is 0.427. The maximum Gasteiger partial charge on any atom is 0.0580 e. The Bertz CT molecular complexity index is 407. The van der Waals surface area contributed by atoms with Crippen molar-refractivity contribution in [3.05, 3.63) is 34.5 Å². The van der Waals surface area contributed by atoms with Gasteiger partial charge in [0.2, 0.25) is 0 Å². The molecule has 124 valence electrons. The quantitative estimate of drug-likeness (QED) is 0.294. The number of thiophene rings is 1. The van der Waals surface area contributed by atoms with Gasteiger partial charge in [-0.15, -0.1) is 23.1 Å². The smallest absolute Gasteiger partial charge is 0.0580 e. The molecule has 2 heterocycles. The zero-order chi connectivity index (χ0) is 15.7. The van der Waals surface area contributed by atoms with Gasteiger partial charge < -0.3 is 0 Å². The summed E-state index contributed by atoms with van der Waals surface area (Å²) in [7, 11) is 0. The summed E-state index contributed by atoms with van der Waals surface area (Å²) in [5, 5.41) is 2.82. The average molecular weight is 337 g/mol. The van der Waals surface area contributed by atoms with Gasteiger partial charge in [0.25, 0.3) is 0 Å². The van der Waals surface area contributed by atoms with Crippen LogP contribution >= 0.6 is 23.1 Å². The number of unbranched alkanes of at least 4 members (excludes halogenated alkanes) is 6. The Morgan fingerprint density at radius 2 is 1.64 bits per heavy atom. The largest absolute Gasteiger partial charge is 0.147 e. The van der Waals surface area contributed by atoms with Gasteiger partial charge in [0.1, 0.15) is 0 Å². The van der Waals surface area contributed by atoms with Crippen LogP contribution in [0.25, 0.3) is 0 Å². The summed E-state index contributed by atoms with van der Waals surface area (Å²) in [5.41, 5.74) is 0. The first-order valence-corrected chi connectivity index (χ1v) is 11.0. The van der Waals surface area contributed by atoms with Crippen molar-refractivity contribution in [2.75, 3.05) is 0 Å². The lowest BCUT2D eigenvalue weighted by atomic mass is 9.93. The molecule has 0 N–H and O–H groups in total. The number of hydrogen-bond donors (Lipinski definition) is 0. The van der Waals surface area contributed by atoms with E-state index in [0.29, 0.717) is 10.00 Å². The number of thioether (sulfide) groups is 1. The van der Waals surface area contributed by atoms with E-state index in [1.54, 1.807) is 0 Å². The van der Waals surface area contributed by atoms with Crippen molar-refractivity contribution in [1.29, 1.82) is 0 Å². The second kappa shape index (κ2) is 9.82. The molecule has 0 aliphatic carbocycles. The molecule has 0 spiro atoms. The minimum Gasteiger partial charge on any atom is -0.147 e. The van der Waals surface area contributed by atoms with E-state index in [0.717, 1.165) is 0 Å². The highest BCUT2D eigenvalue weighted by Gasteiger charge is 2.35. The number of hydrogen-bond acceptors (Lipinski definition) is 2. The normalized spacial score (nSPS) is 19.8. The highest BCUT2D eigenvalue weighted by molar-refractivity contribution is 8.01. The lowest BCUT2D eigenvalue weighted by Gasteiger charge is -2.28. The summed E-state index contributed by atoms with van der Waals surface area (Å²) in [6.45, 7) is 4.61. The van der Waals surface area contributed by atoms with Crippen molar-refractivity contribution in [2.24, 2.45) is 0 Å². The lowest BCUT2D eigenvalue weighted by molar-refractivity contribution is 0.508. The molecule has 0 nitrogen and oxygen atoms in total. The van der Waals surface area contributed by atoms with E-state index in [4.69, 9.17) is 0 Å². The molecule has 1 aromatic rings. The molecule has 1 aliphatic rings. The van der Waals surface area contributed by atoms with Gasteiger partial charge in [-0.25, -0.2) is 0 Å². The highest BCUT2D eigenvalue weighted by atomic mass is 32.2. The van der Waals surface area contributed by atoms with Crippen LogP contribution in [0.4, 0.5) is 0 Å². The topological polar surface area (TPSA) is 0 Å². The van der Waals surface area contributed by atoms with E-state index in [1.165, 1.54) is 69.1 Å². The van der Waals surface area contributed by atoms with E-state index in [2.05, 4.69) is 55.3 Å². The van der Waals surface area contributed by atoms with Crippen LogP contribution in [-0.4, -0.2) is 4.75 Å². The Balaban J connectivity index is 1.89. The maximum absolute atomic E-state index is 2.57. The van der Waals surface area contributed by atoms with Gasteiger partial charge in [-0.3, -0.25) is 0 Å². The van der Waals surface area contributed by atoms with Gasteiger partial charge in [-0.1, -0.05) is 83.4 Å². The molecule has 1 aliphatic heterocycles. The molecule has 0 amide bonds. The van der Waals surface area contributed by atoms with Crippen LogP contribution in [0.15, 0.2) is 29.7 Å². The lowest BCUT2D eigenvalue weighted by Crippen LogP contribution is -2.19. The summed E-state index contributed by atoms with van der Waals surface area (Å²) in [5.74, 6) is 0. The molecule has 1 aromatic heterocycles. The van der Waals surface area contributed by atoms with Crippen molar-refractivity contribution >= 4 is 23.1 Å². The highest BCUT2D eigenvalue weighted by Crippen LogP contribution is 2.52. The molecule has 0 radical (unpaired) electrons. The van der Waals surface area contributed by atoms with Gasteiger partial charge in [-0.2, -0.15) is 0 Å². The molecule has 0 bridgehead atoms. The van der Waals surface area contributed by atoms with E-state index in [1.807, 2.05) is 11.3 Å². The van der Waals surface area contributed by atoms with Crippen LogP contribution in [0, 0.1) is 0 Å². The summed E-state index contributed by atoms with van der Waals surface area (Å²) >= 11 is 4.14. The molecule has 2 rings (SSSR count). The second-order valence-corrected chi connectivity index (χ2v) is 9.13. The molecule has 0 saturated carbocycles. The third-order valence-electron chi connectivity index (χ3n) is 4.67. The Hall–Kier alpha value is -0.210. The van der Waals surface area contributed by atoms with Crippen LogP contribution in [0.3, 0.4) is 0 Å². The summed E-state index contributed by atoms with van der Waals surface area (Å²) in [6.07, 6.45) is 18.9. The van der Waals surface area contributed by atoms with Crippen LogP contribution in [0.5, 0.6) is 0 Å². The predicted molar refractivity (Wildman–Crippen MR) is 104 cm³/mol. The molecule has 2 heteroatoms. The van der Waals surface area contributed by atoms with E-state index < -0.39 is 0 Å². The number of rotatable bonds is 11. The molecule has 1 atom stereocenters. The summed E-state index contributed by atoms with van der Waals surface area (Å²) in [4.78, 5) is 1.53. The summed E-state index contributed by atoms with van der Waals surface area (Å²) in [6, 6.07) is 4.49. The predicted octanol–water partition coefficient (Wildman–Crippen LogP) is 7.77. The van der Waals surface area contributed by atoms with Crippen molar-refractivity contribution in [2.45, 2.75) is 88.1 Å². The van der Waals surface area contributed by atoms with Crippen LogP contribution in [-0.2, 0) is 0 Å². The molecule has 0 saturated heterocycles. The van der Waals surface area contributed by atoms with Crippen LogP contribution < -0.4 is 0 Å². The average Bonchev–Trinajstić information content (AvgIpc) is 3.18. The molecule has 0 fully saturated rings. The zero-order valence-corrected chi connectivity index (χ0v) is 16.0. The monoisotopic (exact) mass is 336 g/mol. The maximum atomic E-state index is 2.57. The standard InChI is InChI=1S/C20H32S2/c1-3-5-7-9-14-20(15-10-8-6-4-2)16-13-19(22-20)18-12-11-17-21-18/h11-13,16-17,19H,3-10,14-15H2,1-2H3. The van der Waals surface area contributed by atoms with Gasteiger partial charge in [-0.05, 0) is 24.3 Å². The summed E-state index contributed by atoms with van der Waals surface area (Å²) < 4.78 is 0.427. The third kappa shape index (κ3) is 5.45. The Labute approximate surface area is 145 Å². The SMILES string of the molecule is CCCCCCC1(CCCCCC)C=CC(c2cccs2)S1. The molecular weight excluding hydrogens is 304 g/mol. The molecule has 1 unspecified atom stereocenters. The Kier molecular flexibility index (Phi) is 8.10. The van der Waals surface area contributed by atoms with Crippen molar-refractivity contribution in [1.82, 2.24) is 0 Å². The molecule has 22 heavy (non-hydrogen) atoms. The fourth-order valence-corrected chi connectivity index (χ4v) is 5.85. The second-order valence-electron chi connectivity index (χ2n) is 6.60. The van der Waals surface area contributed by atoms with E-state index >= 15 is 0 Å². The van der Waals surface area contributed by atoms with Crippen molar-refractivity contribution in [3.8, 4) is 0 Å². The fraction of sp³-hybridized carbons (Fsp3) is 0.700. The van der Waals surface area contributed by atoms with E-state index in [-0.39, 0.29) is 0 Å². The van der Waals surface area contributed by atoms with Crippen molar-refractivity contribution in [3.63, 3.8) is 0 Å². The first kappa shape index (κ1) is 18.1. The first-order chi connectivity index (χ1) is 10.8. The zero-order valence-electron chi connectivity index (χ0n) is 14.4.